The number of aromatic carboxylic acids is 1. The lowest BCUT2D eigenvalue weighted by Crippen LogP contribution is -2.11. The Morgan fingerprint density at radius 3 is 2.72 bits per heavy atom. The van der Waals surface area contributed by atoms with Gasteiger partial charge in [-0.15, -0.1) is 5.10 Å². The molecular weight excluding hydrogens is 230 g/mol. The molecule has 0 saturated carbocycles. The van der Waals surface area contributed by atoms with Crippen molar-refractivity contribution in [2.45, 2.75) is 33.7 Å². The zero-order valence-electron chi connectivity index (χ0n) is 10.8. The number of rotatable bonds is 3. The predicted molar refractivity (Wildman–Crippen MR) is 68.6 cm³/mol. The highest BCUT2D eigenvalue weighted by molar-refractivity contribution is 5.92. The summed E-state index contributed by atoms with van der Waals surface area (Å²) in [6, 6.07) is 4.90. The van der Waals surface area contributed by atoms with Gasteiger partial charge in [-0.2, -0.15) is 0 Å². The molecule has 1 heterocycles. The lowest BCUT2D eigenvalue weighted by atomic mass is 9.92. The van der Waals surface area contributed by atoms with E-state index in [2.05, 4.69) is 31.1 Å². The van der Waals surface area contributed by atoms with Gasteiger partial charge >= 0.3 is 5.97 Å². The van der Waals surface area contributed by atoms with Crippen LogP contribution in [-0.2, 0) is 6.54 Å². The molecule has 0 fully saturated rings. The molecule has 2 rings (SSSR count). The molecule has 96 valence electrons. The minimum Gasteiger partial charge on any atom is -0.478 e. The van der Waals surface area contributed by atoms with Crippen LogP contribution < -0.4 is 0 Å². The molecule has 18 heavy (non-hydrogen) atoms. The molecule has 0 aliphatic rings. The van der Waals surface area contributed by atoms with E-state index in [0.29, 0.717) is 5.52 Å². The number of hydrogen-bond donors (Lipinski definition) is 1. The van der Waals surface area contributed by atoms with Crippen LogP contribution in [0.2, 0.25) is 0 Å². The fourth-order valence-corrected chi connectivity index (χ4v) is 1.71. The average molecular weight is 247 g/mol. The molecule has 0 amide bonds. The number of benzene rings is 1. The van der Waals surface area contributed by atoms with E-state index in [1.165, 1.54) is 0 Å². The Bertz CT molecular complexity index is 581. The highest BCUT2D eigenvalue weighted by Crippen LogP contribution is 2.21. The highest BCUT2D eigenvalue weighted by atomic mass is 16.4. The summed E-state index contributed by atoms with van der Waals surface area (Å²) in [5, 5.41) is 17.0. The van der Waals surface area contributed by atoms with Crippen LogP contribution in [-0.4, -0.2) is 26.1 Å². The van der Waals surface area contributed by atoms with Crippen LogP contribution in [0.4, 0.5) is 0 Å². The van der Waals surface area contributed by atoms with Crippen LogP contribution in [0.1, 0.15) is 37.6 Å². The molecule has 5 heteroatoms. The first-order valence-electron chi connectivity index (χ1n) is 5.93. The van der Waals surface area contributed by atoms with Gasteiger partial charge < -0.3 is 5.11 Å². The van der Waals surface area contributed by atoms with E-state index in [1.807, 2.05) is 4.68 Å². The van der Waals surface area contributed by atoms with Crippen LogP contribution in [0, 0.1) is 5.41 Å². The Morgan fingerprint density at radius 1 is 1.39 bits per heavy atom. The van der Waals surface area contributed by atoms with Gasteiger partial charge in [0, 0.05) is 6.54 Å². The number of nitrogens with zero attached hydrogens (tertiary/aromatic N) is 3. The quantitative estimate of drug-likeness (QED) is 0.905. The number of fused-ring (bicyclic) bond motifs is 1. The van der Waals surface area contributed by atoms with Crippen molar-refractivity contribution in [3.8, 4) is 0 Å². The van der Waals surface area contributed by atoms with E-state index in [9.17, 15) is 4.79 Å². The molecule has 0 aliphatic heterocycles. The topological polar surface area (TPSA) is 68.0 Å². The van der Waals surface area contributed by atoms with Crippen LogP contribution >= 0.6 is 0 Å². The smallest absolute Gasteiger partial charge is 0.335 e. The van der Waals surface area contributed by atoms with Gasteiger partial charge in [-0.25, -0.2) is 9.48 Å². The summed E-state index contributed by atoms with van der Waals surface area (Å²) in [5.41, 5.74) is 1.98. The summed E-state index contributed by atoms with van der Waals surface area (Å²) in [5.74, 6) is -0.943. The Kier molecular flexibility index (Phi) is 3.07. The summed E-state index contributed by atoms with van der Waals surface area (Å²) in [6.07, 6.45) is 0.992. The third kappa shape index (κ3) is 2.67. The van der Waals surface area contributed by atoms with E-state index >= 15 is 0 Å². The van der Waals surface area contributed by atoms with Gasteiger partial charge in [0.05, 0.1) is 11.1 Å². The maximum Gasteiger partial charge on any atom is 0.335 e. The molecule has 0 atom stereocenters. The van der Waals surface area contributed by atoms with Crippen molar-refractivity contribution in [1.29, 1.82) is 0 Å². The van der Waals surface area contributed by atoms with Gasteiger partial charge in [0.1, 0.15) is 5.52 Å². The maximum atomic E-state index is 10.9. The van der Waals surface area contributed by atoms with Gasteiger partial charge in [-0.3, -0.25) is 0 Å². The molecule has 0 unspecified atom stereocenters. The SMILES string of the molecule is CC(C)(C)CCn1nnc2cc(C(=O)O)ccc21. The van der Waals surface area contributed by atoms with E-state index in [1.54, 1.807) is 18.2 Å². The first-order valence-corrected chi connectivity index (χ1v) is 5.93. The third-order valence-corrected chi connectivity index (χ3v) is 2.83. The lowest BCUT2D eigenvalue weighted by molar-refractivity contribution is 0.0697. The van der Waals surface area contributed by atoms with Crippen LogP contribution in [0.25, 0.3) is 11.0 Å². The fourth-order valence-electron chi connectivity index (χ4n) is 1.71. The van der Waals surface area contributed by atoms with Gasteiger partial charge in [-0.1, -0.05) is 26.0 Å². The van der Waals surface area contributed by atoms with E-state index in [0.717, 1.165) is 18.5 Å². The number of hydrogen-bond acceptors (Lipinski definition) is 3. The van der Waals surface area contributed by atoms with Crippen molar-refractivity contribution >= 4 is 17.0 Å². The maximum absolute atomic E-state index is 10.9. The monoisotopic (exact) mass is 247 g/mol. The van der Waals surface area contributed by atoms with Crippen molar-refractivity contribution in [3.05, 3.63) is 23.8 Å². The Morgan fingerprint density at radius 2 is 2.11 bits per heavy atom. The molecule has 5 nitrogen and oxygen atoms in total. The fraction of sp³-hybridized carbons (Fsp3) is 0.462. The average Bonchev–Trinajstić information content (AvgIpc) is 2.67. The molecule has 1 aromatic carbocycles. The van der Waals surface area contributed by atoms with Gasteiger partial charge in [-0.05, 0) is 30.0 Å². The summed E-state index contributed by atoms with van der Waals surface area (Å²) in [6.45, 7) is 7.31. The van der Waals surface area contributed by atoms with Gasteiger partial charge in [0.15, 0.2) is 0 Å². The van der Waals surface area contributed by atoms with Crippen LogP contribution in [0.3, 0.4) is 0 Å². The lowest BCUT2D eigenvalue weighted by Gasteiger charge is -2.17. The van der Waals surface area contributed by atoms with Crippen molar-refractivity contribution in [1.82, 2.24) is 15.0 Å². The second-order valence-corrected chi connectivity index (χ2v) is 5.63. The van der Waals surface area contributed by atoms with E-state index in [-0.39, 0.29) is 11.0 Å². The van der Waals surface area contributed by atoms with Gasteiger partial charge in [0.25, 0.3) is 0 Å². The van der Waals surface area contributed by atoms with Crippen molar-refractivity contribution in [3.63, 3.8) is 0 Å². The molecule has 0 spiro atoms. The zero-order valence-corrected chi connectivity index (χ0v) is 10.8. The zero-order chi connectivity index (χ0) is 13.3. The molecular formula is C13H17N3O2. The minimum atomic E-state index is -0.943. The number of carboxylic acids is 1. The second-order valence-electron chi connectivity index (χ2n) is 5.63. The summed E-state index contributed by atoms with van der Waals surface area (Å²) >= 11 is 0. The largest absolute Gasteiger partial charge is 0.478 e. The number of aryl methyl sites for hydroxylation is 1. The third-order valence-electron chi connectivity index (χ3n) is 2.83. The number of carbonyl (C=O) groups is 1. The van der Waals surface area contributed by atoms with Crippen LogP contribution in [0.5, 0.6) is 0 Å². The first-order chi connectivity index (χ1) is 8.37. The number of aromatic nitrogens is 3. The minimum absolute atomic E-state index is 0.235. The Hall–Kier alpha value is -1.91. The molecule has 0 bridgehead atoms. The molecule has 1 aromatic heterocycles. The summed E-state index contributed by atoms with van der Waals surface area (Å²) < 4.78 is 1.83. The molecule has 0 saturated heterocycles. The van der Waals surface area contributed by atoms with E-state index < -0.39 is 5.97 Å². The van der Waals surface area contributed by atoms with E-state index in [4.69, 9.17) is 5.11 Å². The number of carboxylic acid groups (broad SMARTS) is 1. The highest BCUT2D eigenvalue weighted by Gasteiger charge is 2.13. The normalized spacial score (nSPS) is 11.9. The summed E-state index contributed by atoms with van der Waals surface area (Å²) in [7, 11) is 0. The van der Waals surface area contributed by atoms with Crippen molar-refractivity contribution < 1.29 is 9.90 Å². The molecule has 0 aliphatic carbocycles. The van der Waals surface area contributed by atoms with Crippen molar-refractivity contribution in [2.75, 3.05) is 0 Å². The van der Waals surface area contributed by atoms with Gasteiger partial charge in [0.2, 0.25) is 0 Å². The van der Waals surface area contributed by atoms with Crippen molar-refractivity contribution in [2.24, 2.45) is 5.41 Å². The Balaban J connectivity index is 2.29. The second kappa shape index (κ2) is 4.40. The molecule has 1 N–H and O–H groups in total. The first kappa shape index (κ1) is 12.5. The predicted octanol–water partition coefficient (Wildman–Crippen LogP) is 2.57. The molecule has 2 aromatic rings. The summed E-state index contributed by atoms with van der Waals surface area (Å²) in [4.78, 5) is 10.9. The standard InChI is InChI=1S/C13H17N3O2/c1-13(2,3)6-7-16-11-5-4-9(12(17)18)8-10(11)14-15-16/h4-5,8H,6-7H2,1-3H3,(H,17,18). The van der Waals surface area contributed by atoms with Crippen LogP contribution in [0.15, 0.2) is 18.2 Å². The molecule has 0 radical (unpaired) electrons. The Labute approximate surface area is 105 Å².